The molecule has 2 aromatic rings. The standard InChI is InChI=1S/C18H17I2N3O3/c1-18(2)5-10-13(11(24)6-18)12(14-16(21-10)22-23-17(14)26)8-3-7(19)4-9(20)15(8)25/h3-4,12,25H,5-6H2,1-2H3,(H3,21,22,23,26)/t12-/m1/s1. The number of H-pyrrole nitrogens is 2. The molecule has 0 fully saturated rings. The highest BCUT2D eigenvalue weighted by atomic mass is 127. The van der Waals surface area contributed by atoms with Gasteiger partial charge in [0.05, 0.1) is 15.1 Å². The molecule has 1 aromatic heterocycles. The minimum absolute atomic E-state index is 0.0215. The maximum absolute atomic E-state index is 13.0. The van der Waals surface area contributed by atoms with E-state index in [9.17, 15) is 14.7 Å². The molecule has 0 amide bonds. The van der Waals surface area contributed by atoms with E-state index in [1.54, 1.807) is 0 Å². The monoisotopic (exact) mass is 577 g/mol. The van der Waals surface area contributed by atoms with Gasteiger partial charge in [-0.1, -0.05) is 13.8 Å². The van der Waals surface area contributed by atoms with Crippen molar-refractivity contribution in [3.8, 4) is 5.75 Å². The number of nitrogens with one attached hydrogen (secondary N) is 3. The average molecular weight is 577 g/mol. The second-order valence-electron chi connectivity index (χ2n) is 7.58. The first-order valence-corrected chi connectivity index (χ1v) is 10.4. The Morgan fingerprint density at radius 3 is 2.62 bits per heavy atom. The number of rotatable bonds is 1. The van der Waals surface area contributed by atoms with Gasteiger partial charge in [-0.2, -0.15) is 0 Å². The number of hydrogen-bond donors (Lipinski definition) is 4. The third kappa shape index (κ3) is 2.81. The third-order valence-corrected chi connectivity index (χ3v) is 6.40. The number of fused-ring (bicyclic) bond motifs is 1. The van der Waals surface area contributed by atoms with Crippen molar-refractivity contribution in [3.63, 3.8) is 0 Å². The minimum atomic E-state index is -0.580. The van der Waals surface area contributed by atoms with E-state index in [0.717, 1.165) is 9.27 Å². The Hall–Kier alpha value is -1.30. The summed E-state index contributed by atoms with van der Waals surface area (Å²) in [6.45, 7) is 4.12. The smallest absolute Gasteiger partial charge is 0.270 e. The lowest BCUT2D eigenvalue weighted by molar-refractivity contribution is -0.118. The fourth-order valence-corrected chi connectivity index (χ4v) is 5.82. The largest absolute Gasteiger partial charge is 0.507 e. The van der Waals surface area contributed by atoms with Gasteiger partial charge < -0.3 is 10.4 Å². The van der Waals surface area contributed by atoms with Gasteiger partial charge in [-0.25, -0.2) is 0 Å². The summed E-state index contributed by atoms with van der Waals surface area (Å²) >= 11 is 4.25. The molecular formula is C18H17I2N3O3. The zero-order chi connectivity index (χ0) is 18.8. The molecule has 6 nitrogen and oxygen atoms in total. The maximum atomic E-state index is 13.0. The lowest BCUT2D eigenvalue weighted by Gasteiger charge is -2.38. The number of benzene rings is 1. The van der Waals surface area contributed by atoms with Crippen LogP contribution < -0.4 is 10.9 Å². The molecule has 4 rings (SSSR count). The Morgan fingerprint density at radius 1 is 1.15 bits per heavy atom. The van der Waals surface area contributed by atoms with Crippen LogP contribution in [0.25, 0.3) is 0 Å². The van der Waals surface area contributed by atoms with Gasteiger partial charge >= 0.3 is 0 Å². The van der Waals surface area contributed by atoms with Crippen LogP contribution in [0.3, 0.4) is 0 Å². The van der Waals surface area contributed by atoms with E-state index in [2.05, 4.69) is 74.5 Å². The molecule has 0 saturated heterocycles. The van der Waals surface area contributed by atoms with Crippen molar-refractivity contribution in [2.24, 2.45) is 5.41 Å². The van der Waals surface area contributed by atoms with Crippen molar-refractivity contribution >= 4 is 56.8 Å². The van der Waals surface area contributed by atoms with E-state index in [4.69, 9.17) is 0 Å². The SMILES string of the molecule is CC1(C)CC(=O)C2=C(C1)Nc1[nH][nH]c(=O)c1[C@@H]2c1cc(I)cc(I)c1O. The second kappa shape index (κ2) is 6.11. The molecular weight excluding hydrogens is 560 g/mol. The Bertz CT molecular complexity index is 1030. The van der Waals surface area contributed by atoms with Crippen molar-refractivity contribution in [1.29, 1.82) is 0 Å². The third-order valence-electron chi connectivity index (χ3n) is 4.96. The molecule has 4 N–H and O–H groups in total. The summed E-state index contributed by atoms with van der Waals surface area (Å²) in [5.74, 6) is 0.128. The summed E-state index contributed by atoms with van der Waals surface area (Å²) in [5, 5.41) is 19.4. The highest BCUT2D eigenvalue weighted by molar-refractivity contribution is 14.1. The highest BCUT2D eigenvalue weighted by Crippen LogP contribution is 2.49. The van der Waals surface area contributed by atoms with Crippen LogP contribution in [0.15, 0.2) is 28.2 Å². The van der Waals surface area contributed by atoms with Crippen LogP contribution in [-0.4, -0.2) is 21.1 Å². The molecule has 2 heterocycles. The normalized spacial score (nSPS) is 21.2. The topological polar surface area (TPSA) is 98.0 Å². The molecule has 1 aliphatic carbocycles. The highest BCUT2D eigenvalue weighted by Gasteiger charge is 2.43. The number of hydrogen-bond acceptors (Lipinski definition) is 4. The fraction of sp³-hybridized carbons (Fsp3) is 0.333. The first kappa shape index (κ1) is 18.1. The fourth-order valence-electron chi connectivity index (χ4n) is 3.93. The van der Waals surface area contributed by atoms with E-state index in [1.807, 2.05) is 12.1 Å². The lowest BCUT2D eigenvalue weighted by Crippen LogP contribution is -2.35. The number of Topliss-reactive ketones (excluding diaryl/α,β-unsaturated/α-hetero) is 1. The number of ketones is 1. The molecule has 1 aromatic carbocycles. The van der Waals surface area contributed by atoms with Gasteiger partial charge in [-0.15, -0.1) is 0 Å². The van der Waals surface area contributed by atoms with E-state index < -0.39 is 5.92 Å². The number of aromatic hydroxyl groups is 1. The number of phenols is 1. The minimum Gasteiger partial charge on any atom is -0.507 e. The Labute approximate surface area is 177 Å². The number of halogens is 2. The van der Waals surface area contributed by atoms with Gasteiger partial charge in [0.25, 0.3) is 5.56 Å². The van der Waals surface area contributed by atoms with Crippen molar-refractivity contribution in [2.45, 2.75) is 32.6 Å². The Morgan fingerprint density at radius 2 is 1.88 bits per heavy atom. The summed E-state index contributed by atoms with van der Waals surface area (Å²) in [5.41, 5.74) is 2.03. The van der Waals surface area contributed by atoms with Gasteiger partial charge in [0.1, 0.15) is 11.6 Å². The molecule has 1 atom stereocenters. The van der Waals surface area contributed by atoms with E-state index in [1.165, 1.54) is 0 Å². The predicted molar refractivity (Wildman–Crippen MR) is 115 cm³/mol. The molecule has 0 radical (unpaired) electrons. The summed E-state index contributed by atoms with van der Waals surface area (Å²) < 4.78 is 1.64. The van der Waals surface area contributed by atoms with Crippen LogP contribution in [0, 0.1) is 12.6 Å². The molecule has 1 aliphatic heterocycles. The van der Waals surface area contributed by atoms with E-state index in [0.29, 0.717) is 38.9 Å². The second-order valence-corrected chi connectivity index (χ2v) is 9.99. The lowest BCUT2D eigenvalue weighted by atomic mass is 9.69. The maximum Gasteiger partial charge on any atom is 0.270 e. The average Bonchev–Trinajstić information content (AvgIpc) is 2.89. The molecule has 136 valence electrons. The molecule has 26 heavy (non-hydrogen) atoms. The van der Waals surface area contributed by atoms with Gasteiger partial charge in [-0.3, -0.25) is 19.8 Å². The summed E-state index contributed by atoms with van der Waals surface area (Å²) in [6, 6.07) is 3.71. The number of anilines is 1. The van der Waals surface area contributed by atoms with Crippen LogP contribution in [0.4, 0.5) is 5.82 Å². The molecule has 0 saturated carbocycles. The van der Waals surface area contributed by atoms with Crippen LogP contribution in [0.5, 0.6) is 5.75 Å². The zero-order valence-electron chi connectivity index (χ0n) is 14.2. The van der Waals surface area contributed by atoms with Crippen LogP contribution >= 0.6 is 45.2 Å². The number of phenolic OH excluding ortho intramolecular Hbond substituents is 1. The number of carbonyl (C=O) groups excluding carboxylic acids is 1. The van der Waals surface area contributed by atoms with Crippen molar-refractivity contribution in [3.05, 3.63) is 52.0 Å². The van der Waals surface area contributed by atoms with Gasteiger partial charge in [0.2, 0.25) is 0 Å². The zero-order valence-corrected chi connectivity index (χ0v) is 18.5. The quantitative estimate of drug-likeness (QED) is 0.388. The predicted octanol–water partition coefficient (Wildman–Crippen LogP) is 3.82. The first-order valence-electron chi connectivity index (χ1n) is 8.19. The number of carbonyl (C=O) groups is 1. The van der Waals surface area contributed by atoms with Gasteiger partial charge in [0.15, 0.2) is 5.78 Å². The van der Waals surface area contributed by atoms with E-state index in [-0.39, 0.29) is 22.5 Å². The van der Waals surface area contributed by atoms with Crippen molar-refractivity contribution in [2.75, 3.05) is 5.32 Å². The molecule has 0 spiro atoms. The number of aromatic nitrogens is 2. The summed E-state index contributed by atoms with van der Waals surface area (Å²) in [4.78, 5) is 25.5. The number of aromatic amines is 2. The van der Waals surface area contributed by atoms with E-state index >= 15 is 0 Å². The molecule has 0 unspecified atom stereocenters. The first-order chi connectivity index (χ1) is 12.2. The van der Waals surface area contributed by atoms with Crippen molar-refractivity contribution in [1.82, 2.24) is 10.2 Å². The Kier molecular flexibility index (Phi) is 4.25. The summed E-state index contributed by atoms with van der Waals surface area (Å²) in [7, 11) is 0. The molecule has 8 heteroatoms. The van der Waals surface area contributed by atoms with Crippen LogP contribution in [-0.2, 0) is 4.79 Å². The van der Waals surface area contributed by atoms with Gasteiger partial charge in [0, 0.05) is 26.8 Å². The number of allylic oxidation sites excluding steroid dienone is 2. The van der Waals surface area contributed by atoms with Crippen molar-refractivity contribution < 1.29 is 9.90 Å². The van der Waals surface area contributed by atoms with Gasteiger partial charge in [-0.05, 0) is 69.2 Å². The molecule has 2 aliphatic rings. The molecule has 0 bridgehead atoms. The van der Waals surface area contributed by atoms with Crippen LogP contribution in [0.1, 0.15) is 43.7 Å². The summed E-state index contributed by atoms with van der Waals surface area (Å²) in [6.07, 6.45) is 1.13. The Balaban J connectivity index is 2.02. The van der Waals surface area contributed by atoms with Crippen LogP contribution in [0.2, 0.25) is 0 Å².